The van der Waals surface area contributed by atoms with Crippen LogP contribution >= 0.6 is 0 Å². The second kappa shape index (κ2) is 7.86. The Labute approximate surface area is 197 Å². The van der Waals surface area contributed by atoms with Crippen LogP contribution in [0.15, 0.2) is 53.3 Å². The van der Waals surface area contributed by atoms with Crippen LogP contribution in [0.1, 0.15) is 40.7 Å². The Kier molecular flexibility index (Phi) is 4.76. The number of amides is 1. The molecule has 2 aliphatic rings. The zero-order valence-corrected chi connectivity index (χ0v) is 18.4. The van der Waals surface area contributed by atoms with Gasteiger partial charge in [0.15, 0.2) is 11.5 Å². The van der Waals surface area contributed by atoms with Crippen LogP contribution < -0.4 is 9.47 Å². The number of rotatable bonds is 4. The first-order chi connectivity index (χ1) is 16.9. The number of alkyl halides is 2. The van der Waals surface area contributed by atoms with E-state index in [1.54, 1.807) is 23.4 Å². The lowest BCUT2D eigenvalue weighted by Gasteiger charge is -2.23. The molecule has 4 heterocycles. The Hall–Kier alpha value is -4.35. The van der Waals surface area contributed by atoms with Crippen LogP contribution in [-0.4, -0.2) is 48.8 Å². The molecule has 12 heteroatoms. The van der Waals surface area contributed by atoms with Crippen molar-refractivity contribution in [3.63, 3.8) is 0 Å². The lowest BCUT2D eigenvalue weighted by Crippen LogP contribution is -2.31. The fourth-order valence-corrected chi connectivity index (χ4v) is 4.33. The van der Waals surface area contributed by atoms with E-state index >= 15 is 0 Å². The van der Waals surface area contributed by atoms with E-state index in [0.717, 1.165) is 12.0 Å². The Morgan fingerprint density at radius 1 is 1.09 bits per heavy atom. The molecule has 0 N–H and O–H groups in total. The minimum Gasteiger partial charge on any atom is -0.395 e. The third kappa shape index (κ3) is 3.76. The van der Waals surface area contributed by atoms with E-state index < -0.39 is 12.3 Å². The third-order valence-corrected chi connectivity index (χ3v) is 5.92. The first-order valence-corrected chi connectivity index (χ1v) is 10.9. The van der Waals surface area contributed by atoms with Crippen molar-refractivity contribution in [2.75, 3.05) is 6.54 Å². The van der Waals surface area contributed by atoms with Gasteiger partial charge in [0.2, 0.25) is 11.7 Å². The van der Waals surface area contributed by atoms with Gasteiger partial charge in [-0.15, -0.1) is 8.78 Å². The molecule has 6 rings (SSSR count). The fraction of sp³-hybridized carbons (Fsp3) is 0.261. The molecule has 0 aliphatic carbocycles. The van der Waals surface area contributed by atoms with E-state index in [1.165, 1.54) is 23.0 Å². The van der Waals surface area contributed by atoms with Gasteiger partial charge < -0.3 is 18.9 Å². The van der Waals surface area contributed by atoms with E-state index in [4.69, 9.17) is 4.52 Å². The number of fused-ring (bicyclic) bond motifs is 1. The van der Waals surface area contributed by atoms with Crippen LogP contribution in [0.25, 0.3) is 17.1 Å². The summed E-state index contributed by atoms with van der Waals surface area (Å²) < 4.78 is 41.1. The van der Waals surface area contributed by atoms with Gasteiger partial charge in [0, 0.05) is 12.1 Å². The Bertz CT molecular complexity index is 1420. The first kappa shape index (κ1) is 21.2. The number of carbonyl (C=O) groups excluding carboxylic acids is 1. The summed E-state index contributed by atoms with van der Waals surface area (Å²) >= 11 is 0. The summed E-state index contributed by atoms with van der Waals surface area (Å²) in [5.41, 5.74) is 2.37. The van der Waals surface area contributed by atoms with Crippen molar-refractivity contribution >= 4 is 5.91 Å². The second-order valence-corrected chi connectivity index (χ2v) is 8.28. The van der Waals surface area contributed by atoms with Crippen LogP contribution in [0.5, 0.6) is 11.5 Å². The van der Waals surface area contributed by atoms with Gasteiger partial charge in [-0.3, -0.25) is 4.79 Å². The number of aryl methyl sites for hydroxylation is 1. The molecular formula is C23H18F2N6O4. The van der Waals surface area contributed by atoms with Crippen LogP contribution in [-0.2, 0) is 0 Å². The van der Waals surface area contributed by atoms with E-state index in [1.807, 2.05) is 19.1 Å². The van der Waals surface area contributed by atoms with Crippen LogP contribution in [0.2, 0.25) is 0 Å². The van der Waals surface area contributed by atoms with E-state index in [2.05, 4.69) is 29.8 Å². The number of hydrogen-bond donors (Lipinski definition) is 0. The standard InChI is InChI=1S/C23H18F2N6O4/c1-13-4-6-16(31-26-8-9-27-31)15(11-13)22(32)30-10-2-3-17(30)21-28-20(29-35-21)14-5-7-18-19(12-14)34-23(24,25)33-18/h4-9,11-12,17H,2-3,10H2,1H3/t17-/m0/s1. The number of hydrogen-bond acceptors (Lipinski definition) is 8. The minimum atomic E-state index is -3.71. The average molecular weight is 480 g/mol. The highest BCUT2D eigenvalue weighted by Gasteiger charge is 2.43. The molecule has 2 aliphatic heterocycles. The number of ether oxygens (including phenoxy) is 2. The van der Waals surface area contributed by atoms with Gasteiger partial charge in [-0.1, -0.05) is 16.8 Å². The molecule has 2 aromatic heterocycles. The molecular weight excluding hydrogens is 462 g/mol. The summed E-state index contributed by atoms with van der Waals surface area (Å²) in [5, 5.41) is 12.3. The van der Waals surface area contributed by atoms with Crippen molar-refractivity contribution in [1.82, 2.24) is 30.0 Å². The summed E-state index contributed by atoms with van der Waals surface area (Å²) in [6, 6.07) is 9.32. The van der Waals surface area contributed by atoms with E-state index in [9.17, 15) is 13.6 Å². The minimum absolute atomic E-state index is 0.0735. The second-order valence-electron chi connectivity index (χ2n) is 8.28. The number of benzene rings is 2. The highest BCUT2D eigenvalue weighted by molar-refractivity contribution is 5.98. The SMILES string of the molecule is Cc1ccc(-n2nccn2)c(C(=O)N2CCC[C@H]2c2nc(-c3ccc4c(c3)OC(F)(F)O4)no2)c1. The third-order valence-electron chi connectivity index (χ3n) is 5.92. The lowest BCUT2D eigenvalue weighted by atomic mass is 10.1. The van der Waals surface area contributed by atoms with Crippen molar-refractivity contribution in [1.29, 1.82) is 0 Å². The Morgan fingerprint density at radius 3 is 2.71 bits per heavy atom. The zero-order chi connectivity index (χ0) is 24.2. The molecule has 1 atom stereocenters. The average Bonchev–Trinajstić information content (AvgIpc) is 3.63. The van der Waals surface area contributed by atoms with Crippen molar-refractivity contribution in [2.45, 2.75) is 32.1 Å². The summed E-state index contributed by atoms with van der Waals surface area (Å²) in [4.78, 5) is 21.2. The summed E-state index contributed by atoms with van der Waals surface area (Å²) in [6.45, 7) is 2.42. The van der Waals surface area contributed by atoms with Gasteiger partial charge in [-0.2, -0.15) is 20.0 Å². The normalized spacial score (nSPS) is 18.3. The molecule has 2 aromatic carbocycles. The molecule has 10 nitrogen and oxygen atoms in total. The maximum atomic E-state index is 13.6. The quantitative estimate of drug-likeness (QED) is 0.432. The summed E-state index contributed by atoms with van der Waals surface area (Å²) in [7, 11) is 0. The predicted molar refractivity (Wildman–Crippen MR) is 115 cm³/mol. The van der Waals surface area contributed by atoms with Gasteiger partial charge in [0.05, 0.1) is 23.6 Å². The molecule has 35 heavy (non-hydrogen) atoms. The zero-order valence-electron chi connectivity index (χ0n) is 18.4. The van der Waals surface area contributed by atoms with Gasteiger partial charge >= 0.3 is 6.29 Å². The first-order valence-electron chi connectivity index (χ1n) is 10.9. The number of aromatic nitrogens is 5. The van der Waals surface area contributed by atoms with Crippen LogP contribution in [0, 0.1) is 6.92 Å². The molecule has 0 spiro atoms. The van der Waals surface area contributed by atoms with Crippen LogP contribution in [0.4, 0.5) is 8.78 Å². The smallest absolute Gasteiger partial charge is 0.395 e. The largest absolute Gasteiger partial charge is 0.586 e. The topological polar surface area (TPSA) is 108 Å². The van der Waals surface area contributed by atoms with E-state index in [0.29, 0.717) is 29.8 Å². The molecule has 0 unspecified atom stereocenters. The van der Waals surface area contributed by atoms with Gasteiger partial charge in [-0.05, 0) is 50.1 Å². The Balaban J connectivity index is 1.29. The monoisotopic (exact) mass is 480 g/mol. The van der Waals surface area contributed by atoms with Crippen molar-refractivity contribution < 1.29 is 27.6 Å². The van der Waals surface area contributed by atoms with Gasteiger partial charge in [0.1, 0.15) is 6.04 Å². The van der Waals surface area contributed by atoms with Crippen molar-refractivity contribution in [3.05, 3.63) is 65.8 Å². The molecule has 178 valence electrons. The molecule has 0 bridgehead atoms. The van der Waals surface area contributed by atoms with Gasteiger partial charge in [0.25, 0.3) is 5.91 Å². The molecule has 1 saturated heterocycles. The van der Waals surface area contributed by atoms with Gasteiger partial charge in [-0.25, -0.2) is 0 Å². The molecule has 4 aromatic rings. The molecule has 1 amide bonds. The lowest BCUT2D eigenvalue weighted by molar-refractivity contribution is -0.286. The number of likely N-dealkylation sites (tertiary alicyclic amines) is 1. The van der Waals surface area contributed by atoms with Crippen molar-refractivity contribution in [3.8, 4) is 28.6 Å². The summed E-state index contributed by atoms with van der Waals surface area (Å²) in [6.07, 6.45) is 0.777. The highest BCUT2D eigenvalue weighted by atomic mass is 19.3. The van der Waals surface area contributed by atoms with Crippen LogP contribution in [0.3, 0.4) is 0 Å². The number of carbonyl (C=O) groups is 1. The number of halogens is 2. The summed E-state index contributed by atoms with van der Waals surface area (Å²) in [5.74, 6) is 0.0677. The molecule has 0 radical (unpaired) electrons. The predicted octanol–water partition coefficient (Wildman–Crippen LogP) is 3.92. The fourth-order valence-electron chi connectivity index (χ4n) is 4.33. The van der Waals surface area contributed by atoms with E-state index in [-0.39, 0.29) is 29.1 Å². The number of nitrogens with zero attached hydrogens (tertiary/aromatic N) is 6. The maximum Gasteiger partial charge on any atom is 0.586 e. The molecule has 1 fully saturated rings. The highest BCUT2D eigenvalue weighted by Crippen LogP contribution is 2.43. The van der Waals surface area contributed by atoms with Crippen molar-refractivity contribution in [2.24, 2.45) is 0 Å². The maximum absolute atomic E-state index is 13.6. The molecule has 0 saturated carbocycles. The Morgan fingerprint density at radius 2 is 1.89 bits per heavy atom.